The molecule has 0 atom stereocenters. The molecular weight excluding hydrogens is 262 g/mol. The number of carbonyl (C=O) groups is 2. The number of benzene rings is 2. The van der Waals surface area contributed by atoms with Crippen molar-refractivity contribution in [1.29, 1.82) is 0 Å². The summed E-state index contributed by atoms with van der Waals surface area (Å²) in [7, 11) is 0. The first-order valence-electron chi connectivity index (χ1n) is 6.85. The molecule has 0 bridgehead atoms. The van der Waals surface area contributed by atoms with Crippen molar-refractivity contribution in [3.63, 3.8) is 0 Å². The Hall–Kier alpha value is -2.68. The van der Waals surface area contributed by atoms with Gasteiger partial charge in [0, 0.05) is 5.57 Å². The molecule has 3 nitrogen and oxygen atoms in total. The average Bonchev–Trinajstić information content (AvgIpc) is 2.76. The summed E-state index contributed by atoms with van der Waals surface area (Å²) < 4.78 is 0. The van der Waals surface area contributed by atoms with Gasteiger partial charge >= 0.3 is 0 Å². The van der Waals surface area contributed by atoms with E-state index in [2.05, 4.69) is 0 Å². The minimum absolute atomic E-state index is 0.154. The zero-order valence-electron chi connectivity index (χ0n) is 11.7. The largest absolute Gasteiger partial charge is 0.274 e. The molecule has 0 spiro atoms. The summed E-state index contributed by atoms with van der Waals surface area (Å²) in [5.74, 6) is -0.404. The zero-order chi connectivity index (χ0) is 14.8. The number of amides is 2. The van der Waals surface area contributed by atoms with Crippen molar-refractivity contribution in [1.82, 2.24) is 0 Å². The maximum Gasteiger partial charge on any atom is 0.261 e. The Morgan fingerprint density at radius 1 is 0.952 bits per heavy atom. The Morgan fingerprint density at radius 2 is 1.62 bits per heavy atom. The molecule has 1 heterocycles. The Bertz CT molecular complexity index is 715. The van der Waals surface area contributed by atoms with E-state index in [4.69, 9.17) is 0 Å². The Balaban J connectivity index is 1.92. The van der Waals surface area contributed by atoms with E-state index < -0.39 is 0 Å². The molecule has 2 aromatic carbocycles. The standard InChI is InChI=1S/C18H15NO2/c1-13-7-9-16(10-8-13)19-17(20)12-15(18(19)21)11-14-5-3-2-4-6-14/h2-11H,12H2,1H3/b15-11+. The van der Waals surface area contributed by atoms with Gasteiger partial charge < -0.3 is 0 Å². The fraction of sp³-hybridized carbons (Fsp3) is 0.111. The van der Waals surface area contributed by atoms with Gasteiger partial charge in [-0.05, 0) is 30.7 Å². The molecule has 1 saturated heterocycles. The lowest BCUT2D eigenvalue weighted by Crippen LogP contribution is -2.28. The third-order valence-electron chi connectivity index (χ3n) is 3.50. The summed E-state index contributed by atoms with van der Waals surface area (Å²) in [5.41, 5.74) is 3.19. The highest BCUT2D eigenvalue weighted by molar-refractivity contribution is 6.29. The minimum atomic E-state index is -0.229. The molecule has 0 N–H and O–H groups in total. The van der Waals surface area contributed by atoms with E-state index in [1.54, 1.807) is 18.2 Å². The molecule has 1 fully saturated rings. The molecule has 1 aliphatic heterocycles. The maximum atomic E-state index is 12.4. The lowest BCUT2D eigenvalue weighted by molar-refractivity contribution is -0.120. The smallest absolute Gasteiger partial charge is 0.261 e. The number of nitrogens with zero attached hydrogens (tertiary/aromatic N) is 1. The van der Waals surface area contributed by atoms with Crippen LogP contribution in [0.2, 0.25) is 0 Å². The molecule has 104 valence electrons. The SMILES string of the molecule is Cc1ccc(N2C(=O)C/C(=C\c3ccccc3)C2=O)cc1. The van der Waals surface area contributed by atoms with E-state index in [-0.39, 0.29) is 18.2 Å². The Labute approximate surface area is 123 Å². The molecule has 0 aliphatic carbocycles. The van der Waals surface area contributed by atoms with Crippen LogP contribution in [0.3, 0.4) is 0 Å². The van der Waals surface area contributed by atoms with Gasteiger partial charge in [0.15, 0.2) is 0 Å². The second kappa shape index (κ2) is 5.37. The molecule has 0 aromatic heterocycles. The van der Waals surface area contributed by atoms with Crippen LogP contribution in [0.1, 0.15) is 17.5 Å². The van der Waals surface area contributed by atoms with Gasteiger partial charge in [0.1, 0.15) is 0 Å². The normalized spacial score (nSPS) is 16.8. The summed E-state index contributed by atoms with van der Waals surface area (Å²) in [6.07, 6.45) is 1.94. The van der Waals surface area contributed by atoms with Crippen LogP contribution in [-0.4, -0.2) is 11.8 Å². The summed E-state index contributed by atoms with van der Waals surface area (Å²) in [6, 6.07) is 17.0. The molecule has 0 saturated carbocycles. The van der Waals surface area contributed by atoms with Gasteiger partial charge in [-0.15, -0.1) is 0 Å². The number of hydrogen-bond donors (Lipinski definition) is 0. The second-order valence-corrected chi connectivity index (χ2v) is 5.13. The highest BCUT2D eigenvalue weighted by Gasteiger charge is 2.34. The van der Waals surface area contributed by atoms with Gasteiger partial charge in [-0.2, -0.15) is 0 Å². The third-order valence-corrected chi connectivity index (χ3v) is 3.50. The van der Waals surface area contributed by atoms with Crippen LogP contribution in [0.5, 0.6) is 0 Å². The molecule has 3 rings (SSSR count). The van der Waals surface area contributed by atoms with Crippen molar-refractivity contribution in [2.45, 2.75) is 13.3 Å². The molecule has 0 radical (unpaired) electrons. The first-order chi connectivity index (χ1) is 10.1. The highest BCUT2D eigenvalue weighted by Crippen LogP contribution is 2.27. The van der Waals surface area contributed by atoms with Gasteiger partial charge in [-0.3, -0.25) is 9.59 Å². The number of carbonyl (C=O) groups excluding carboxylic acids is 2. The molecule has 21 heavy (non-hydrogen) atoms. The lowest BCUT2D eigenvalue weighted by Gasteiger charge is -2.13. The second-order valence-electron chi connectivity index (χ2n) is 5.13. The molecule has 1 aliphatic rings. The predicted molar refractivity (Wildman–Crippen MR) is 82.7 cm³/mol. The fourth-order valence-corrected chi connectivity index (χ4v) is 2.39. The summed E-state index contributed by atoms with van der Waals surface area (Å²) in [4.78, 5) is 25.8. The quantitative estimate of drug-likeness (QED) is 0.623. The van der Waals surface area contributed by atoms with Crippen LogP contribution in [0.4, 0.5) is 5.69 Å². The Morgan fingerprint density at radius 3 is 2.29 bits per heavy atom. The molecular formula is C18H15NO2. The predicted octanol–water partition coefficient (Wildman–Crippen LogP) is 3.34. The van der Waals surface area contributed by atoms with Crippen LogP contribution in [0.25, 0.3) is 6.08 Å². The van der Waals surface area contributed by atoms with Crippen molar-refractivity contribution < 1.29 is 9.59 Å². The molecule has 3 heteroatoms. The minimum Gasteiger partial charge on any atom is -0.274 e. The van der Waals surface area contributed by atoms with Crippen molar-refractivity contribution in [2.75, 3.05) is 4.90 Å². The average molecular weight is 277 g/mol. The fourth-order valence-electron chi connectivity index (χ4n) is 2.39. The van der Waals surface area contributed by atoms with Crippen LogP contribution >= 0.6 is 0 Å². The van der Waals surface area contributed by atoms with Crippen LogP contribution < -0.4 is 4.90 Å². The first kappa shape index (κ1) is 13.3. The van der Waals surface area contributed by atoms with Crippen LogP contribution in [-0.2, 0) is 9.59 Å². The summed E-state index contributed by atoms with van der Waals surface area (Å²) in [6.45, 7) is 1.97. The summed E-state index contributed by atoms with van der Waals surface area (Å²) >= 11 is 0. The van der Waals surface area contributed by atoms with Crippen molar-refractivity contribution in [2.24, 2.45) is 0 Å². The summed E-state index contributed by atoms with van der Waals surface area (Å²) in [5, 5.41) is 0. The van der Waals surface area contributed by atoms with E-state index in [1.807, 2.05) is 49.4 Å². The lowest BCUT2D eigenvalue weighted by atomic mass is 10.1. The molecule has 2 aromatic rings. The van der Waals surface area contributed by atoms with E-state index in [0.717, 1.165) is 11.1 Å². The van der Waals surface area contributed by atoms with Gasteiger partial charge in [-0.25, -0.2) is 4.90 Å². The van der Waals surface area contributed by atoms with E-state index in [9.17, 15) is 9.59 Å². The van der Waals surface area contributed by atoms with Gasteiger partial charge in [0.25, 0.3) is 5.91 Å². The number of imide groups is 1. The van der Waals surface area contributed by atoms with Crippen molar-refractivity contribution in [3.8, 4) is 0 Å². The Kier molecular flexibility index (Phi) is 3.40. The van der Waals surface area contributed by atoms with E-state index in [0.29, 0.717) is 11.3 Å². The number of anilines is 1. The van der Waals surface area contributed by atoms with Crippen LogP contribution in [0.15, 0.2) is 60.2 Å². The zero-order valence-corrected chi connectivity index (χ0v) is 11.7. The number of aryl methyl sites for hydroxylation is 1. The highest BCUT2D eigenvalue weighted by atomic mass is 16.2. The molecule has 2 amide bonds. The molecule has 0 unspecified atom stereocenters. The monoisotopic (exact) mass is 277 g/mol. The van der Waals surface area contributed by atoms with Gasteiger partial charge in [0.2, 0.25) is 5.91 Å². The van der Waals surface area contributed by atoms with Crippen molar-refractivity contribution in [3.05, 3.63) is 71.3 Å². The maximum absolute atomic E-state index is 12.4. The third kappa shape index (κ3) is 2.63. The topological polar surface area (TPSA) is 37.4 Å². The van der Waals surface area contributed by atoms with Gasteiger partial charge in [0.05, 0.1) is 12.1 Å². The van der Waals surface area contributed by atoms with Crippen LogP contribution in [0, 0.1) is 6.92 Å². The number of hydrogen-bond acceptors (Lipinski definition) is 2. The van der Waals surface area contributed by atoms with E-state index >= 15 is 0 Å². The first-order valence-corrected chi connectivity index (χ1v) is 6.85. The van der Waals surface area contributed by atoms with E-state index in [1.165, 1.54) is 4.90 Å². The van der Waals surface area contributed by atoms with Gasteiger partial charge in [-0.1, -0.05) is 48.0 Å². The van der Waals surface area contributed by atoms with Crippen molar-refractivity contribution >= 4 is 23.6 Å². The number of rotatable bonds is 2.